The smallest absolute Gasteiger partial charge is 0.274 e. The summed E-state index contributed by atoms with van der Waals surface area (Å²) in [5.41, 5.74) is 4.43. The second kappa shape index (κ2) is 8.61. The number of piperazine rings is 1. The molecule has 5 rings (SSSR count). The zero-order valence-electron chi connectivity index (χ0n) is 20.2. The Balaban J connectivity index is 1.34. The molecule has 1 aromatic carbocycles. The van der Waals surface area contributed by atoms with Gasteiger partial charge in [-0.1, -0.05) is 11.6 Å². The lowest BCUT2D eigenvalue weighted by molar-refractivity contribution is 0.0739. The van der Waals surface area contributed by atoms with Crippen molar-refractivity contribution in [3.05, 3.63) is 76.1 Å². The number of halogens is 1. The number of hydrogen-bond donors (Lipinski definition) is 0. The van der Waals surface area contributed by atoms with Gasteiger partial charge in [-0.3, -0.25) is 24.5 Å². The molecule has 9 heteroatoms. The number of benzene rings is 1. The third kappa shape index (κ3) is 4.01. The second-order valence-electron chi connectivity index (χ2n) is 9.52. The van der Waals surface area contributed by atoms with Crippen LogP contribution in [0.25, 0.3) is 0 Å². The zero-order chi connectivity index (χ0) is 24.9. The summed E-state index contributed by atoms with van der Waals surface area (Å²) in [7, 11) is 0. The van der Waals surface area contributed by atoms with Crippen LogP contribution in [0.2, 0.25) is 5.02 Å². The number of pyridine rings is 1. The summed E-state index contributed by atoms with van der Waals surface area (Å²) in [5, 5.41) is 0.609. The Labute approximate surface area is 209 Å². The molecule has 2 aliphatic heterocycles. The van der Waals surface area contributed by atoms with Crippen molar-refractivity contribution in [1.29, 1.82) is 0 Å². The first-order valence-electron chi connectivity index (χ1n) is 11.6. The van der Waals surface area contributed by atoms with Gasteiger partial charge in [-0.05, 0) is 57.5 Å². The first kappa shape index (κ1) is 23.2. The molecule has 0 saturated carbocycles. The van der Waals surface area contributed by atoms with Gasteiger partial charge in [0.2, 0.25) is 0 Å². The van der Waals surface area contributed by atoms with E-state index in [-0.39, 0.29) is 11.8 Å². The lowest BCUT2D eigenvalue weighted by Gasteiger charge is -2.37. The summed E-state index contributed by atoms with van der Waals surface area (Å²) in [6.07, 6.45) is 5.19. The summed E-state index contributed by atoms with van der Waals surface area (Å²) in [4.78, 5) is 45.2. The van der Waals surface area contributed by atoms with Crippen LogP contribution in [0.1, 0.15) is 51.6 Å². The molecule has 8 nitrogen and oxygen atoms in total. The van der Waals surface area contributed by atoms with E-state index in [0.717, 1.165) is 22.6 Å². The highest BCUT2D eigenvalue weighted by molar-refractivity contribution is 6.31. The number of nitrogens with zero attached hydrogens (tertiary/aromatic N) is 6. The predicted molar refractivity (Wildman–Crippen MR) is 135 cm³/mol. The molecule has 0 radical (unpaired) electrons. The molecule has 2 aliphatic rings. The fourth-order valence-corrected chi connectivity index (χ4v) is 5.08. The molecule has 0 bridgehead atoms. The highest BCUT2D eigenvalue weighted by Crippen LogP contribution is 2.43. The van der Waals surface area contributed by atoms with Crippen molar-refractivity contribution >= 4 is 34.8 Å². The quantitative estimate of drug-likeness (QED) is 0.552. The van der Waals surface area contributed by atoms with Crippen LogP contribution < -0.4 is 9.80 Å². The van der Waals surface area contributed by atoms with Gasteiger partial charge in [0.05, 0.1) is 40.7 Å². The van der Waals surface area contributed by atoms with Crippen LogP contribution in [0.5, 0.6) is 0 Å². The maximum atomic E-state index is 13.3. The van der Waals surface area contributed by atoms with Crippen LogP contribution in [0, 0.1) is 13.8 Å². The van der Waals surface area contributed by atoms with Gasteiger partial charge >= 0.3 is 0 Å². The largest absolute Gasteiger partial charge is 0.367 e. The van der Waals surface area contributed by atoms with Crippen molar-refractivity contribution in [3.8, 4) is 0 Å². The molecule has 0 unspecified atom stereocenters. The van der Waals surface area contributed by atoms with E-state index in [1.807, 2.05) is 37.8 Å². The lowest BCUT2D eigenvalue weighted by atomic mass is 9.93. The monoisotopic (exact) mass is 490 g/mol. The lowest BCUT2D eigenvalue weighted by Crippen LogP contribution is -2.49. The van der Waals surface area contributed by atoms with Crippen molar-refractivity contribution < 1.29 is 9.59 Å². The predicted octanol–water partition coefficient (Wildman–Crippen LogP) is 4.00. The van der Waals surface area contributed by atoms with Gasteiger partial charge in [0.1, 0.15) is 5.69 Å². The van der Waals surface area contributed by atoms with Crippen molar-refractivity contribution in [3.63, 3.8) is 0 Å². The first-order valence-corrected chi connectivity index (χ1v) is 12.0. The van der Waals surface area contributed by atoms with E-state index in [0.29, 0.717) is 48.2 Å². The van der Waals surface area contributed by atoms with Crippen molar-refractivity contribution in [2.45, 2.75) is 33.2 Å². The fraction of sp³-hybridized carbons (Fsp3) is 0.346. The van der Waals surface area contributed by atoms with Gasteiger partial charge in [0, 0.05) is 43.0 Å². The summed E-state index contributed by atoms with van der Waals surface area (Å²) < 4.78 is 0. The van der Waals surface area contributed by atoms with Crippen LogP contribution in [-0.2, 0) is 5.54 Å². The molecule has 3 aromatic rings. The van der Waals surface area contributed by atoms with Crippen LogP contribution in [0.15, 0.2) is 42.9 Å². The van der Waals surface area contributed by atoms with Gasteiger partial charge < -0.3 is 9.80 Å². The number of anilines is 2. The Morgan fingerprint density at radius 2 is 1.71 bits per heavy atom. The zero-order valence-corrected chi connectivity index (χ0v) is 21.0. The van der Waals surface area contributed by atoms with Crippen molar-refractivity contribution in [2.24, 2.45) is 0 Å². The fourth-order valence-electron chi connectivity index (χ4n) is 4.91. The topological polar surface area (TPSA) is 82.5 Å². The highest BCUT2D eigenvalue weighted by Gasteiger charge is 2.44. The average Bonchev–Trinajstić information content (AvgIpc) is 3.04. The molecule has 1 fully saturated rings. The van der Waals surface area contributed by atoms with E-state index in [2.05, 4.69) is 19.9 Å². The maximum absolute atomic E-state index is 13.3. The van der Waals surface area contributed by atoms with Crippen molar-refractivity contribution in [1.82, 2.24) is 19.9 Å². The van der Waals surface area contributed by atoms with Gasteiger partial charge in [-0.25, -0.2) is 4.98 Å². The van der Waals surface area contributed by atoms with Gasteiger partial charge in [0.25, 0.3) is 11.8 Å². The summed E-state index contributed by atoms with van der Waals surface area (Å²) in [5.74, 6) is -0.156. The van der Waals surface area contributed by atoms with Crippen LogP contribution in [0.4, 0.5) is 11.4 Å². The average molecular weight is 491 g/mol. The molecular formula is C26H27ClN6O2. The Hall–Kier alpha value is -3.52. The molecular weight excluding hydrogens is 464 g/mol. The number of carbonyl (C=O) groups is 2. The number of aromatic nitrogens is 3. The van der Waals surface area contributed by atoms with Crippen LogP contribution >= 0.6 is 11.6 Å². The molecule has 4 heterocycles. The SMILES string of the molecule is Cc1cnc(C)c(C(=O)N2CCN(c3cncc(N4C(=O)c5ccc(Cl)cc5C4(C)C)c3)CC2)n1. The van der Waals surface area contributed by atoms with Gasteiger partial charge in [-0.2, -0.15) is 0 Å². The molecule has 180 valence electrons. The van der Waals surface area contributed by atoms with Crippen LogP contribution in [-0.4, -0.2) is 57.8 Å². The van der Waals surface area contributed by atoms with Gasteiger partial charge in [-0.15, -0.1) is 0 Å². The standard InChI is InChI=1S/C26H27ClN6O2/c1-16-13-29-17(2)23(30-16)25(35)32-9-7-31(8-10-32)19-12-20(15-28-14-19)33-24(34)21-6-5-18(27)11-22(21)26(33,3)4/h5-6,11-15H,7-10H2,1-4H3. The summed E-state index contributed by atoms with van der Waals surface area (Å²) in [6, 6.07) is 7.39. The molecule has 35 heavy (non-hydrogen) atoms. The normalized spacial score (nSPS) is 17.1. The van der Waals surface area contributed by atoms with Crippen molar-refractivity contribution in [2.75, 3.05) is 36.0 Å². The first-order chi connectivity index (χ1) is 16.7. The molecule has 0 atom stereocenters. The van der Waals surface area contributed by atoms with Crippen LogP contribution in [0.3, 0.4) is 0 Å². The van der Waals surface area contributed by atoms with E-state index in [1.54, 1.807) is 42.5 Å². The number of hydrogen-bond acceptors (Lipinski definition) is 6. The van der Waals surface area contributed by atoms with E-state index < -0.39 is 5.54 Å². The van der Waals surface area contributed by atoms with Gasteiger partial charge in [0.15, 0.2) is 0 Å². The van der Waals surface area contributed by atoms with E-state index in [9.17, 15) is 9.59 Å². The molecule has 2 amide bonds. The molecule has 0 aliphatic carbocycles. The molecule has 0 N–H and O–H groups in total. The van der Waals surface area contributed by atoms with E-state index >= 15 is 0 Å². The minimum atomic E-state index is -0.560. The third-order valence-electron chi connectivity index (χ3n) is 6.81. The van der Waals surface area contributed by atoms with E-state index in [1.165, 1.54) is 0 Å². The molecule has 0 spiro atoms. The number of carbonyl (C=O) groups excluding carboxylic acids is 2. The number of fused-ring (bicyclic) bond motifs is 1. The Morgan fingerprint density at radius 3 is 2.46 bits per heavy atom. The summed E-state index contributed by atoms with van der Waals surface area (Å²) >= 11 is 6.22. The molecule has 1 saturated heterocycles. The number of amides is 2. The highest BCUT2D eigenvalue weighted by atomic mass is 35.5. The summed E-state index contributed by atoms with van der Waals surface area (Å²) in [6.45, 7) is 10.1. The Kier molecular flexibility index (Phi) is 5.71. The Morgan fingerprint density at radius 1 is 1.00 bits per heavy atom. The number of rotatable bonds is 3. The minimum absolute atomic E-state index is 0.0642. The minimum Gasteiger partial charge on any atom is -0.367 e. The second-order valence-corrected chi connectivity index (χ2v) is 9.95. The maximum Gasteiger partial charge on any atom is 0.274 e. The Bertz CT molecular complexity index is 1330. The van der Waals surface area contributed by atoms with E-state index in [4.69, 9.17) is 11.6 Å². The third-order valence-corrected chi connectivity index (χ3v) is 7.05. The number of aryl methyl sites for hydroxylation is 2. The molecule has 2 aromatic heterocycles.